The van der Waals surface area contributed by atoms with E-state index >= 15 is 0 Å². The average Bonchev–Trinajstić information content (AvgIpc) is 3.04. The van der Waals surface area contributed by atoms with Gasteiger partial charge < -0.3 is 9.64 Å². The van der Waals surface area contributed by atoms with Crippen molar-refractivity contribution in [1.82, 2.24) is 0 Å². The molecule has 1 aliphatic rings. The SMILES string of the molecule is CN1C(=O)C(C)(C)COc2cc(NS(=O)(=O)c3cccs3)ccc21. The molecule has 0 saturated carbocycles. The molecule has 2 heterocycles. The van der Waals surface area contributed by atoms with Crippen LogP contribution in [0.5, 0.6) is 5.75 Å². The minimum atomic E-state index is -3.62. The number of fused-ring (bicyclic) bond motifs is 1. The van der Waals surface area contributed by atoms with Gasteiger partial charge in [0.1, 0.15) is 16.6 Å². The Morgan fingerprint density at radius 1 is 1.29 bits per heavy atom. The molecular formula is C16H18N2O4S2. The van der Waals surface area contributed by atoms with Crippen molar-refractivity contribution >= 4 is 38.6 Å². The number of ether oxygens (including phenoxy) is 1. The monoisotopic (exact) mass is 366 g/mol. The average molecular weight is 366 g/mol. The van der Waals surface area contributed by atoms with Gasteiger partial charge in [0.05, 0.1) is 16.8 Å². The van der Waals surface area contributed by atoms with E-state index < -0.39 is 15.4 Å². The summed E-state index contributed by atoms with van der Waals surface area (Å²) in [5.41, 5.74) is 0.358. The number of nitrogens with one attached hydrogen (secondary N) is 1. The zero-order chi connectivity index (χ0) is 17.5. The second kappa shape index (κ2) is 5.78. The molecule has 128 valence electrons. The second-order valence-corrected chi connectivity index (χ2v) is 9.11. The Labute approximate surface area is 145 Å². The van der Waals surface area contributed by atoms with Gasteiger partial charge in [-0.3, -0.25) is 9.52 Å². The number of carbonyl (C=O) groups excluding carboxylic acids is 1. The highest BCUT2D eigenvalue weighted by Crippen LogP contribution is 2.37. The van der Waals surface area contributed by atoms with Gasteiger partial charge in [0.2, 0.25) is 5.91 Å². The fraction of sp³-hybridized carbons (Fsp3) is 0.312. The van der Waals surface area contributed by atoms with Crippen LogP contribution in [0.3, 0.4) is 0 Å². The Balaban J connectivity index is 1.93. The number of hydrogen-bond donors (Lipinski definition) is 1. The molecule has 2 aromatic rings. The molecule has 24 heavy (non-hydrogen) atoms. The molecule has 1 N–H and O–H groups in total. The Kier molecular flexibility index (Phi) is 4.05. The maximum Gasteiger partial charge on any atom is 0.271 e. The third-order valence-electron chi connectivity index (χ3n) is 3.81. The quantitative estimate of drug-likeness (QED) is 0.906. The minimum absolute atomic E-state index is 0.0480. The summed E-state index contributed by atoms with van der Waals surface area (Å²) in [6, 6.07) is 8.13. The first kappa shape index (κ1) is 16.8. The van der Waals surface area contributed by atoms with Crippen LogP contribution in [0.15, 0.2) is 39.9 Å². The zero-order valence-corrected chi connectivity index (χ0v) is 15.2. The smallest absolute Gasteiger partial charge is 0.271 e. The molecule has 0 atom stereocenters. The van der Waals surface area contributed by atoms with E-state index in [1.807, 2.05) is 13.8 Å². The first-order valence-electron chi connectivity index (χ1n) is 7.32. The van der Waals surface area contributed by atoms with Crippen LogP contribution < -0.4 is 14.4 Å². The van der Waals surface area contributed by atoms with Gasteiger partial charge in [-0.1, -0.05) is 6.07 Å². The lowest BCUT2D eigenvalue weighted by Crippen LogP contribution is -2.39. The number of hydrogen-bond acceptors (Lipinski definition) is 5. The van der Waals surface area contributed by atoms with E-state index in [1.165, 1.54) is 0 Å². The minimum Gasteiger partial charge on any atom is -0.490 e. The van der Waals surface area contributed by atoms with Crippen molar-refractivity contribution in [3.8, 4) is 5.75 Å². The van der Waals surface area contributed by atoms with Gasteiger partial charge in [-0.05, 0) is 37.4 Å². The molecule has 0 spiro atoms. The van der Waals surface area contributed by atoms with Gasteiger partial charge in [0.25, 0.3) is 10.0 Å². The van der Waals surface area contributed by atoms with Crippen LogP contribution in [0, 0.1) is 5.41 Å². The number of benzene rings is 1. The van der Waals surface area contributed by atoms with E-state index in [4.69, 9.17) is 4.74 Å². The van der Waals surface area contributed by atoms with Crippen molar-refractivity contribution in [1.29, 1.82) is 0 Å². The van der Waals surface area contributed by atoms with E-state index in [2.05, 4.69) is 4.72 Å². The Bertz CT molecular complexity index is 873. The lowest BCUT2D eigenvalue weighted by molar-refractivity contribution is -0.127. The molecule has 1 aromatic heterocycles. The van der Waals surface area contributed by atoms with Crippen LogP contribution in [0.2, 0.25) is 0 Å². The third kappa shape index (κ3) is 2.99. The molecule has 0 unspecified atom stereocenters. The molecule has 0 radical (unpaired) electrons. The second-order valence-electron chi connectivity index (χ2n) is 6.26. The van der Waals surface area contributed by atoms with E-state index in [0.717, 1.165) is 11.3 Å². The van der Waals surface area contributed by atoms with Crippen LogP contribution in [0.1, 0.15) is 13.8 Å². The zero-order valence-electron chi connectivity index (χ0n) is 13.6. The van der Waals surface area contributed by atoms with Crippen LogP contribution in [0.4, 0.5) is 11.4 Å². The number of amides is 1. The highest BCUT2D eigenvalue weighted by Gasteiger charge is 2.36. The number of rotatable bonds is 3. The molecule has 6 nitrogen and oxygen atoms in total. The number of thiophene rings is 1. The van der Waals surface area contributed by atoms with Crippen molar-refractivity contribution in [3.05, 3.63) is 35.7 Å². The fourth-order valence-corrected chi connectivity index (χ4v) is 4.52. The van der Waals surface area contributed by atoms with Crippen molar-refractivity contribution in [2.45, 2.75) is 18.1 Å². The summed E-state index contributed by atoms with van der Waals surface area (Å²) >= 11 is 1.15. The van der Waals surface area contributed by atoms with Crippen LogP contribution in [-0.4, -0.2) is 28.0 Å². The van der Waals surface area contributed by atoms with Crippen LogP contribution in [0.25, 0.3) is 0 Å². The molecule has 0 aliphatic carbocycles. The van der Waals surface area contributed by atoms with Crippen molar-refractivity contribution in [2.75, 3.05) is 23.3 Å². The summed E-state index contributed by atoms with van der Waals surface area (Å²) in [5, 5.41) is 1.71. The largest absolute Gasteiger partial charge is 0.490 e. The Morgan fingerprint density at radius 3 is 2.71 bits per heavy atom. The van der Waals surface area contributed by atoms with Crippen molar-refractivity contribution < 1.29 is 17.9 Å². The van der Waals surface area contributed by atoms with E-state index in [-0.39, 0.29) is 16.7 Å². The highest BCUT2D eigenvalue weighted by molar-refractivity contribution is 7.94. The summed E-state index contributed by atoms with van der Waals surface area (Å²) in [7, 11) is -1.93. The maximum absolute atomic E-state index is 12.4. The number of sulfonamides is 1. The van der Waals surface area contributed by atoms with Crippen LogP contribution >= 0.6 is 11.3 Å². The summed E-state index contributed by atoms with van der Waals surface area (Å²) in [6.45, 7) is 3.86. The first-order chi connectivity index (χ1) is 11.2. The summed E-state index contributed by atoms with van der Waals surface area (Å²) in [5.74, 6) is 0.427. The van der Waals surface area contributed by atoms with Gasteiger partial charge in [-0.15, -0.1) is 11.3 Å². The standard InChI is InChI=1S/C16H18N2O4S2/c1-16(2)10-22-13-9-11(6-7-12(13)18(3)15(16)19)17-24(20,21)14-5-4-8-23-14/h4-9,17H,10H2,1-3H3. The highest BCUT2D eigenvalue weighted by atomic mass is 32.2. The third-order valence-corrected chi connectivity index (χ3v) is 6.58. The summed E-state index contributed by atoms with van der Waals surface area (Å²) in [6.07, 6.45) is 0. The summed E-state index contributed by atoms with van der Waals surface area (Å²) < 4.78 is 33.2. The molecule has 1 amide bonds. The van der Waals surface area contributed by atoms with Crippen molar-refractivity contribution in [3.63, 3.8) is 0 Å². The molecule has 8 heteroatoms. The van der Waals surface area contributed by atoms with Gasteiger partial charge >= 0.3 is 0 Å². The predicted octanol–water partition coefficient (Wildman–Crippen LogP) is 2.93. The van der Waals surface area contributed by atoms with Gasteiger partial charge in [0.15, 0.2) is 0 Å². The number of carbonyl (C=O) groups is 1. The van der Waals surface area contributed by atoms with Gasteiger partial charge in [0, 0.05) is 13.1 Å². The molecule has 0 bridgehead atoms. The molecule has 0 saturated heterocycles. The Morgan fingerprint density at radius 2 is 2.04 bits per heavy atom. The maximum atomic E-state index is 12.4. The van der Waals surface area contributed by atoms with Crippen LogP contribution in [-0.2, 0) is 14.8 Å². The van der Waals surface area contributed by atoms with E-state index in [9.17, 15) is 13.2 Å². The van der Waals surface area contributed by atoms with E-state index in [1.54, 1.807) is 47.7 Å². The number of anilines is 2. The molecule has 1 aromatic carbocycles. The molecular weight excluding hydrogens is 348 g/mol. The first-order valence-corrected chi connectivity index (χ1v) is 9.68. The van der Waals surface area contributed by atoms with Gasteiger partial charge in [-0.2, -0.15) is 0 Å². The Hall–Kier alpha value is -2.06. The number of nitrogens with zero attached hydrogens (tertiary/aromatic N) is 1. The summed E-state index contributed by atoms with van der Waals surface area (Å²) in [4.78, 5) is 14.0. The topological polar surface area (TPSA) is 75.7 Å². The molecule has 3 rings (SSSR count). The van der Waals surface area contributed by atoms with Crippen molar-refractivity contribution in [2.24, 2.45) is 5.41 Å². The lowest BCUT2D eigenvalue weighted by Gasteiger charge is -2.24. The fourth-order valence-electron chi connectivity index (χ4n) is 2.48. The normalized spacial score (nSPS) is 17.0. The molecule has 1 aliphatic heterocycles. The van der Waals surface area contributed by atoms with Gasteiger partial charge in [-0.25, -0.2) is 8.42 Å². The predicted molar refractivity (Wildman–Crippen MR) is 94.3 cm³/mol. The lowest BCUT2D eigenvalue weighted by atomic mass is 9.93. The molecule has 0 fully saturated rings. The van der Waals surface area contributed by atoms with E-state index in [0.29, 0.717) is 17.1 Å².